The summed E-state index contributed by atoms with van der Waals surface area (Å²) in [6.07, 6.45) is 0. The molecule has 2 unspecified atom stereocenters. The van der Waals surface area contributed by atoms with Crippen molar-refractivity contribution >= 4 is 11.9 Å². The SMILES string of the molecule is CC(C)C(NC(=O)C1COCCN1)C(=O)O. The molecule has 3 N–H and O–H groups in total. The fourth-order valence-corrected chi connectivity index (χ4v) is 1.50. The maximum Gasteiger partial charge on any atom is 0.326 e. The second-order valence-corrected chi connectivity index (χ2v) is 4.15. The van der Waals surface area contributed by atoms with Crippen molar-refractivity contribution in [3.8, 4) is 0 Å². The fourth-order valence-electron chi connectivity index (χ4n) is 1.50. The first-order chi connectivity index (χ1) is 7.52. The number of rotatable bonds is 4. The molecule has 1 amide bonds. The smallest absolute Gasteiger partial charge is 0.326 e. The molecule has 0 saturated carbocycles. The highest BCUT2D eigenvalue weighted by Gasteiger charge is 2.28. The number of amides is 1. The summed E-state index contributed by atoms with van der Waals surface area (Å²) in [5.41, 5.74) is 0. The summed E-state index contributed by atoms with van der Waals surface area (Å²) in [5.74, 6) is -1.48. The number of hydrogen-bond acceptors (Lipinski definition) is 4. The van der Waals surface area contributed by atoms with Gasteiger partial charge < -0.3 is 20.5 Å². The van der Waals surface area contributed by atoms with Crippen LogP contribution in [0.15, 0.2) is 0 Å². The lowest BCUT2D eigenvalue weighted by molar-refractivity contribution is -0.143. The van der Waals surface area contributed by atoms with E-state index in [1.54, 1.807) is 13.8 Å². The Morgan fingerprint density at radius 2 is 2.19 bits per heavy atom. The van der Waals surface area contributed by atoms with Crippen LogP contribution in [-0.4, -0.2) is 48.8 Å². The second-order valence-electron chi connectivity index (χ2n) is 4.15. The fraction of sp³-hybridized carbons (Fsp3) is 0.800. The van der Waals surface area contributed by atoms with E-state index in [2.05, 4.69) is 10.6 Å². The van der Waals surface area contributed by atoms with Crippen molar-refractivity contribution in [2.75, 3.05) is 19.8 Å². The number of morpholine rings is 1. The van der Waals surface area contributed by atoms with E-state index < -0.39 is 18.1 Å². The van der Waals surface area contributed by atoms with Gasteiger partial charge in [-0.25, -0.2) is 4.79 Å². The van der Waals surface area contributed by atoms with Crippen LogP contribution in [0.5, 0.6) is 0 Å². The van der Waals surface area contributed by atoms with Gasteiger partial charge >= 0.3 is 5.97 Å². The highest BCUT2D eigenvalue weighted by Crippen LogP contribution is 2.03. The van der Waals surface area contributed by atoms with Gasteiger partial charge in [-0.1, -0.05) is 13.8 Å². The van der Waals surface area contributed by atoms with Crippen molar-refractivity contribution in [2.24, 2.45) is 5.92 Å². The van der Waals surface area contributed by atoms with Crippen molar-refractivity contribution in [1.82, 2.24) is 10.6 Å². The van der Waals surface area contributed by atoms with E-state index in [4.69, 9.17) is 9.84 Å². The molecule has 0 aromatic carbocycles. The van der Waals surface area contributed by atoms with Crippen LogP contribution in [0.1, 0.15) is 13.8 Å². The number of nitrogens with one attached hydrogen (secondary N) is 2. The molecule has 0 aromatic heterocycles. The minimum Gasteiger partial charge on any atom is -0.480 e. The standard InChI is InChI=1S/C10H18N2O4/c1-6(2)8(10(14)15)12-9(13)7-5-16-4-3-11-7/h6-8,11H,3-5H2,1-2H3,(H,12,13)(H,14,15). The molecular weight excluding hydrogens is 212 g/mol. The Morgan fingerprint density at radius 3 is 2.62 bits per heavy atom. The van der Waals surface area contributed by atoms with Gasteiger partial charge in [0.2, 0.25) is 5.91 Å². The molecule has 1 saturated heterocycles. The summed E-state index contributed by atoms with van der Waals surface area (Å²) in [4.78, 5) is 22.6. The number of carbonyl (C=O) groups is 2. The first-order valence-electron chi connectivity index (χ1n) is 5.36. The van der Waals surface area contributed by atoms with Crippen LogP contribution in [0.4, 0.5) is 0 Å². The molecule has 16 heavy (non-hydrogen) atoms. The Labute approximate surface area is 94.3 Å². The molecule has 6 nitrogen and oxygen atoms in total. The van der Waals surface area contributed by atoms with Gasteiger partial charge in [-0.2, -0.15) is 0 Å². The van der Waals surface area contributed by atoms with E-state index >= 15 is 0 Å². The van der Waals surface area contributed by atoms with Gasteiger partial charge in [0.25, 0.3) is 0 Å². The maximum atomic E-state index is 11.7. The van der Waals surface area contributed by atoms with Gasteiger partial charge in [0.05, 0.1) is 13.2 Å². The van der Waals surface area contributed by atoms with E-state index in [1.807, 2.05) is 0 Å². The van der Waals surface area contributed by atoms with Gasteiger partial charge in [-0.05, 0) is 5.92 Å². The molecule has 0 aliphatic carbocycles. The Hall–Kier alpha value is -1.14. The molecule has 1 fully saturated rings. The van der Waals surface area contributed by atoms with Crippen LogP contribution in [0.2, 0.25) is 0 Å². The van der Waals surface area contributed by atoms with Gasteiger partial charge in [-0.15, -0.1) is 0 Å². The molecule has 1 aliphatic rings. The van der Waals surface area contributed by atoms with Crippen molar-refractivity contribution in [1.29, 1.82) is 0 Å². The summed E-state index contributed by atoms with van der Waals surface area (Å²) < 4.78 is 5.13. The van der Waals surface area contributed by atoms with Crippen molar-refractivity contribution in [2.45, 2.75) is 25.9 Å². The molecule has 0 spiro atoms. The number of aliphatic carboxylic acids is 1. The van der Waals surface area contributed by atoms with Crippen LogP contribution < -0.4 is 10.6 Å². The third kappa shape index (κ3) is 3.46. The number of hydrogen-bond donors (Lipinski definition) is 3. The predicted molar refractivity (Wildman–Crippen MR) is 57.0 cm³/mol. The number of carboxylic acids is 1. The minimum absolute atomic E-state index is 0.147. The first kappa shape index (κ1) is 12.9. The van der Waals surface area contributed by atoms with E-state index in [0.29, 0.717) is 13.2 Å². The monoisotopic (exact) mass is 230 g/mol. The van der Waals surface area contributed by atoms with E-state index in [1.165, 1.54) is 0 Å². The minimum atomic E-state index is -1.01. The Morgan fingerprint density at radius 1 is 1.50 bits per heavy atom. The zero-order valence-electron chi connectivity index (χ0n) is 9.53. The van der Waals surface area contributed by atoms with Gasteiger partial charge in [0.15, 0.2) is 0 Å². The third-order valence-corrected chi connectivity index (χ3v) is 2.47. The molecule has 6 heteroatoms. The van der Waals surface area contributed by atoms with E-state index in [9.17, 15) is 9.59 Å². The zero-order valence-corrected chi connectivity index (χ0v) is 9.53. The lowest BCUT2D eigenvalue weighted by Gasteiger charge is -2.25. The van der Waals surface area contributed by atoms with Crippen LogP contribution in [0.3, 0.4) is 0 Å². The summed E-state index contributed by atoms with van der Waals surface area (Å²) in [7, 11) is 0. The Bertz CT molecular complexity index is 262. The molecule has 92 valence electrons. The highest BCUT2D eigenvalue weighted by molar-refractivity contribution is 5.87. The Balaban J connectivity index is 2.50. The average Bonchev–Trinajstić information content (AvgIpc) is 2.25. The lowest BCUT2D eigenvalue weighted by atomic mass is 10.0. The molecule has 1 aliphatic heterocycles. The summed E-state index contributed by atoms with van der Waals surface area (Å²) >= 11 is 0. The van der Waals surface area contributed by atoms with Gasteiger partial charge in [0, 0.05) is 6.54 Å². The van der Waals surface area contributed by atoms with E-state index in [0.717, 1.165) is 0 Å². The number of carboxylic acid groups (broad SMARTS) is 1. The molecule has 2 atom stereocenters. The van der Waals surface area contributed by atoms with Crippen LogP contribution in [0, 0.1) is 5.92 Å². The summed E-state index contributed by atoms with van der Waals surface area (Å²) in [6, 6.07) is -1.30. The molecule has 0 bridgehead atoms. The van der Waals surface area contributed by atoms with Crippen molar-refractivity contribution < 1.29 is 19.4 Å². The molecule has 0 radical (unpaired) electrons. The first-order valence-corrected chi connectivity index (χ1v) is 5.36. The molecule has 0 aromatic rings. The quantitative estimate of drug-likeness (QED) is 0.588. The highest BCUT2D eigenvalue weighted by atomic mass is 16.5. The predicted octanol–water partition coefficient (Wildman–Crippen LogP) is -0.800. The maximum absolute atomic E-state index is 11.7. The van der Waals surface area contributed by atoms with Gasteiger partial charge in [0.1, 0.15) is 12.1 Å². The topological polar surface area (TPSA) is 87.7 Å². The Kier molecular flexibility index (Phi) is 4.70. The van der Waals surface area contributed by atoms with Crippen molar-refractivity contribution in [3.63, 3.8) is 0 Å². The van der Waals surface area contributed by atoms with Crippen LogP contribution in [0.25, 0.3) is 0 Å². The van der Waals surface area contributed by atoms with Crippen LogP contribution >= 0.6 is 0 Å². The summed E-state index contributed by atoms with van der Waals surface area (Å²) in [5, 5.41) is 14.4. The third-order valence-electron chi connectivity index (χ3n) is 2.47. The normalized spacial score (nSPS) is 22.8. The zero-order chi connectivity index (χ0) is 12.1. The average molecular weight is 230 g/mol. The van der Waals surface area contributed by atoms with E-state index in [-0.39, 0.29) is 18.4 Å². The largest absolute Gasteiger partial charge is 0.480 e. The second kappa shape index (κ2) is 5.81. The number of ether oxygens (including phenoxy) is 1. The molecule has 1 rings (SSSR count). The van der Waals surface area contributed by atoms with Crippen molar-refractivity contribution in [3.05, 3.63) is 0 Å². The molecule has 1 heterocycles. The number of carbonyl (C=O) groups excluding carboxylic acids is 1. The molecular formula is C10H18N2O4. The van der Waals surface area contributed by atoms with Gasteiger partial charge in [-0.3, -0.25) is 4.79 Å². The van der Waals surface area contributed by atoms with Crippen LogP contribution in [-0.2, 0) is 14.3 Å². The summed E-state index contributed by atoms with van der Waals surface area (Å²) in [6.45, 7) is 4.98. The lowest BCUT2D eigenvalue weighted by Crippen LogP contribution is -2.55.